The van der Waals surface area contributed by atoms with Gasteiger partial charge in [-0.05, 0) is 37.5 Å². The maximum Gasteiger partial charge on any atom is 0.303 e. The van der Waals surface area contributed by atoms with Crippen molar-refractivity contribution in [1.82, 2.24) is 4.98 Å². The molecule has 2 aromatic rings. The van der Waals surface area contributed by atoms with E-state index >= 15 is 0 Å². The topological polar surface area (TPSA) is 50.2 Å². The van der Waals surface area contributed by atoms with Gasteiger partial charge in [-0.3, -0.25) is 4.79 Å². The van der Waals surface area contributed by atoms with Gasteiger partial charge in [-0.25, -0.2) is 4.98 Å². The van der Waals surface area contributed by atoms with Crippen LogP contribution in [0.5, 0.6) is 0 Å². The molecular formula is C12H13NO2S. The van der Waals surface area contributed by atoms with E-state index in [0.29, 0.717) is 6.42 Å². The third-order valence-electron chi connectivity index (χ3n) is 2.64. The lowest BCUT2D eigenvalue weighted by Crippen LogP contribution is -1.99. The van der Waals surface area contributed by atoms with E-state index in [9.17, 15) is 4.79 Å². The van der Waals surface area contributed by atoms with E-state index in [1.165, 1.54) is 4.70 Å². The first-order chi connectivity index (χ1) is 7.58. The molecule has 0 saturated carbocycles. The van der Waals surface area contributed by atoms with Gasteiger partial charge in [0, 0.05) is 6.42 Å². The van der Waals surface area contributed by atoms with Gasteiger partial charge in [0.1, 0.15) is 0 Å². The number of aromatic nitrogens is 1. The predicted octanol–water partition coefficient (Wildman–Crippen LogP) is 2.93. The summed E-state index contributed by atoms with van der Waals surface area (Å²) in [6.07, 6.45) is 0.753. The number of rotatable bonds is 3. The number of aryl methyl sites for hydroxylation is 3. The molecule has 84 valence electrons. The lowest BCUT2D eigenvalue weighted by Gasteiger charge is -2.04. The molecule has 0 radical (unpaired) electrons. The average molecular weight is 235 g/mol. The SMILES string of the molecule is Cc1nc2c(C)c(CCC(=O)O)ccc2s1. The Kier molecular flexibility index (Phi) is 2.92. The van der Waals surface area contributed by atoms with Crippen LogP contribution < -0.4 is 0 Å². The van der Waals surface area contributed by atoms with Gasteiger partial charge in [0.25, 0.3) is 0 Å². The molecule has 1 aromatic carbocycles. The number of hydrogen-bond donors (Lipinski definition) is 1. The van der Waals surface area contributed by atoms with Crippen LogP contribution in [0.4, 0.5) is 0 Å². The lowest BCUT2D eigenvalue weighted by molar-refractivity contribution is -0.136. The molecule has 0 amide bonds. The molecule has 1 heterocycles. The van der Waals surface area contributed by atoms with Gasteiger partial charge in [-0.15, -0.1) is 11.3 Å². The van der Waals surface area contributed by atoms with Crippen molar-refractivity contribution in [3.8, 4) is 0 Å². The van der Waals surface area contributed by atoms with E-state index in [-0.39, 0.29) is 6.42 Å². The molecule has 0 unspecified atom stereocenters. The standard InChI is InChI=1S/C12H13NO2S/c1-7-9(4-6-11(14)15)3-5-10-12(7)13-8(2)16-10/h3,5H,4,6H2,1-2H3,(H,14,15). The first-order valence-corrected chi connectivity index (χ1v) is 5.97. The summed E-state index contributed by atoms with van der Waals surface area (Å²) in [7, 11) is 0. The molecule has 0 aliphatic heterocycles. The molecule has 1 N–H and O–H groups in total. The van der Waals surface area contributed by atoms with Crippen molar-refractivity contribution < 1.29 is 9.90 Å². The number of nitrogens with zero attached hydrogens (tertiary/aromatic N) is 1. The maximum atomic E-state index is 10.5. The molecule has 3 nitrogen and oxygen atoms in total. The minimum atomic E-state index is -0.756. The van der Waals surface area contributed by atoms with Gasteiger partial charge < -0.3 is 5.11 Å². The molecule has 0 spiro atoms. The van der Waals surface area contributed by atoms with Crippen molar-refractivity contribution in [1.29, 1.82) is 0 Å². The normalized spacial score (nSPS) is 10.9. The monoisotopic (exact) mass is 235 g/mol. The lowest BCUT2D eigenvalue weighted by atomic mass is 10.0. The first kappa shape index (κ1) is 11.1. The van der Waals surface area contributed by atoms with Crippen molar-refractivity contribution in [3.63, 3.8) is 0 Å². The summed E-state index contributed by atoms with van der Waals surface area (Å²) in [5.41, 5.74) is 3.22. The van der Waals surface area contributed by atoms with E-state index in [1.807, 2.05) is 26.0 Å². The number of carboxylic acids is 1. The second kappa shape index (κ2) is 4.22. The Hall–Kier alpha value is -1.42. The summed E-state index contributed by atoms with van der Waals surface area (Å²) in [6.45, 7) is 4.00. The van der Waals surface area contributed by atoms with Crippen LogP contribution in [-0.2, 0) is 11.2 Å². The van der Waals surface area contributed by atoms with Gasteiger partial charge in [-0.2, -0.15) is 0 Å². The Balaban J connectivity index is 2.39. The van der Waals surface area contributed by atoms with Gasteiger partial charge in [0.05, 0.1) is 15.2 Å². The van der Waals surface area contributed by atoms with Crippen LogP contribution in [0.1, 0.15) is 22.6 Å². The van der Waals surface area contributed by atoms with Crippen molar-refractivity contribution in [2.24, 2.45) is 0 Å². The fraction of sp³-hybridized carbons (Fsp3) is 0.333. The Labute approximate surface area is 97.8 Å². The molecule has 0 atom stereocenters. The molecule has 0 aliphatic carbocycles. The Bertz CT molecular complexity index is 545. The number of hydrogen-bond acceptors (Lipinski definition) is 3. The van der Waals surface area contributed by atoms with Crippen LogP contribution in [0.2, 0.25) is 0 Å². The first-order valence-electron chi connectivity index (χ1n) is 5.15. The van der Waals surface area contributed by atoms with Crippen LogP contribution in [-0.4, -0.2) is 16.1 Å². The average Bonchev–Trinajstić information content (AvgIpc) is 2.58. The van der Waals surface area contributed by atoms with Crippen molar-refractivity contribution >= 4 is 27.5 Å². The molecule has 2 rings (SSSR count). The van der Waals surface area contributed by atoms with Crippen molar-refractivity contribution in [2.75, 3.05) is 0 Å². The smallest absolute Gasteiger partial charge is 0.303 e. The van der Waals surface area contributed by atoms with E-state index in [1.54, 1.807) is 11.3 Å². The maximum absolute atomic E-state index is 10.5. The summed E-state index contributed by atoms with van der Waals surface area (Å²) in [5.74, 6) is -0.756. The number of fused-ring (bicyclic) bond motifs is 1. The van der Waals surface area contributed by atoms with E-state index < -0.39 is 5.97 Å². The molecule has 4 heteroatoms. The Morgan fingerprint density at radius 3 is 2.88 bits per heavy atom. The molecular weight excluding hydrogens is 222 g/mol. The summed E-state index contributed by atoms with van der Waals surface area (Å²) < 4.78 is 1.18. The Morgan fingerprint density at radius 2 is 2.19 bits per heavy atom. The zero-order valence-corrected chi connectivity index (χ0v) is 10.1. The zero-order chi connectivity index (χ0) is 11.7. The third-order valence-corrected chi connectivity index (χ3v) is 3.58. The van der Waals surface area contributed by atoms with Gasteiger partial charge in [0.2, 0.25) is 0 Å². The van der Waals surface area contributed by atoms with Crippen LogP contribution in [0.15, 0.2) is 12.1 Å². The van der Waals surface area contributed by atoms with Crippen LogP contribution in [0, 0.1) is 13.8 Å². The second-order valence-electron chi connectivity index (χ2n) is 3.82. The molecule has 1 aromatic heterocycles. The van der Waals surface area contributed by atoms with Crippen molar-refractivity contribution in [3.05, 3.63) is 28.3 Å². The highest BCUT2D eigenvalue weighted by atomic mass is 32.1. The zero-order valence-electron chi connectivity index (χ0n) is 9.28. The number of aliphatic carboxylic acids is 1. The van der Waals surface area contributed by atoms with Crippen LogP contribution in [0.25, 0.3) is 10.2 Å². The quantitative estimate of drug-likeness (QED) is 0.889. The van der Waals surface area contributed by atoms with Gasteiger partial charge >= 0.3 is 5.97 Å². The highest BCUT2D eigenvalue weighted by Gasteiger charge is 2.08. The highest BCUT2D eigenvalue weighted by molar-refractivity contribution is 7.18. The fourth-order valence-corrected chi connectivity index (χ4v) is 2.68. The molecule has 16 heavy (non-hydrogen) atoms. The summed E-state index contributed by atoms with van der Waals surface area (Å²) >= 11 is 1.67. The minimum absolute atomic E-state index is 0.176. The van der Waals surface area contributed by atoms with Crippen LogP contribution >= 0.6 is 11.3 Å². The minimum Gasteiger partial charge on any atom is -0.481 e. The van der Waals surface area contributed by atoms with E-state index in [4.69, 9.17) is 5.11 Å². The highest BCUT2D eigenvalue weighted by Crippen LogP contribution is 2.27. The third kappa shape index (κ3) is 2.07. The molecule has 0 aliphatic rings. The summed E-state index contributed by atoms with van der Waals surface area (Å²) in [4.78, 5) is 15.0. The second-order valence-corrected chi connectivity index (χ2v) is 5.06. The van der Waals surface area contributed by atoms with Gasteiger partial charge in [-0.1, -0.05) is 6.07 Å². The van der Waals surface area contributed by atoms with Crippen molar-refractivity contribution in [2.45, 2.75) is 26.7 Å². The molecule has 0 fully saturated rings. The molecule has 0 saturated heterocycles. The Morgan fingerprint density at radius 1 is 1.44 bits per heavy atom. The molecule has 0 bridgehead atoms. The van der Waals surface area contributed by atoms with E-state index in [2.05, 4.69) is 4.98 Å². The summed E-state index contributed by atoms with van der Waals surface area (Å²) in [6, 6.07) is 4.04. The number of benzene rings is 1. The number of carboxylic acid groups (broad SMARTS) is 1. The largest absolute Gasteiger partial charge is 0.481 e. The van der Waals surface area contributed by atoms with E-state index in [0.717, 1.165) is 21.7 Å². The predicted molar refractivity (Wildman–Crippen MR) is 65.1 cm³/mol. The van der Waals surface area contributed by atoms with Gasteiger partial charge in [0.15, 0.2) is 0 Å². The number of carbonyl (C=O) groups is 1. The summed E-state index contributed by atoms with van der Waals surface area (Å²) in [5, 5.41) is 9.72. The van der Waals surface area contributed by atoms with Crippen LogP contribution in [0.3, 0.4) is 0 Å². The number of thiazole rings is 1. The fourth-order valence-electron chi connectivity index (χ4n) is 1.79.